The zero-order valence-electron chi connectivity index (χ0n) is 6.93. The molecule has 12 heavy (non-hydrogen) atoms. The standard InChI is InChI=1S/C8H12F3N/c1-5-6-2-12(3-7(5)6)4-8(9,10)11/h5-7H,2-4H2,1H3/t5-,6-,7+. The number of halogens is 3. The molecule has 1 saturated carbocycles. The van der Waals surface area contributed by atoms with Crippen LogP contribution in [0.5, 0.6) is 0 Å². The third-order valence-corrected chi connectivity index (χ3v) is 3.10. The van der Waals surface area contributed by atoms with Crippen LogP contribution in [0.4, 0.5) is 13.2 Å². The Kier molecular flexibility index (Phi) is 1.65. The van der Waals surface area contributed by atoms with Crippen molar-refractivity contribution in [1.29, 1.82) is 0 Å². The van der Waals surface area contributed by atoms with Crippen molar-refractivity contribution in [3.8, 4) is 0 Å². The van der Waals surface area contributed by atoms with Gasteiger partial charge in [0.05, 0.1) is 6.54 Å². The predicted octanol–water partition coefficient (Wildman–Crippen LogP) is 1.75. The molecule has 0 N–H and O–H groups in total. The third-order valence-electron chi connectivity index (χ3n) is 3.10. The smallest absolute Gasteiger partial charge is 0.294 e. The molecule has 0 aromatic heterocycles. The molecule has 4 heteroatoms. The van der Waals surface area contributed by atoms with E-state index >= 15 is 0 Å². The number of rotatable bonds is 1. The molecule has 0 aromatic rings. The van der Waals surface area contributed by atoms with Gasteiger partial charge in [0.1, 0.15) is 0 Å². The van der Waals surface area contributed by atoms with E-state index in [-0.39, 0.29) is 0 Å². The number of alkyl halides is 3. The van der Waals surface area contributed by atoms with E-state index in [2.05, 4.69) is 6.92 Å². The molecule has 0 aromatic carbocycles. The number of nitrogens with zero attached hydrogens (tertiary/aromatic N) is 1. The number of likely N-dealkylation sites (tertiary alicyclic amines) is 1. The van der Waals surface area contributed by atoms with E-state index in [1.807, 2.05) is 0 Å². The SMILES string of the molecule is C[C@@H]1[C@H]2CN(CC(F)(F)F)C[C@@H]12. The van der Waals surface area contributed by atoms with Gasteiger partial charge in [-0.05, 0) is 17.8 Å². The first-order valence-corrected chi connectivity index (χ1v) is 4.26. The molecule has 1 aliphatic carbocycles. The fraction of sp³-hybridized carbons (Fsp3) is 1.00. The van der Waals surface area contributed by atoms with Crippen molar-refractivity contribution in [3.63, 3.8) is 0 Å². The summed E-state index contributed by atoms with van der Waals surface area (Å²) in [6.07, 6.45) is -4.01. The molecule has 3 atom stereocenters. The van der Waals surface area contributed by atoms with E-state index in [9.17, 15) is 13.2 Å². The van der Waals surface area contributed by atoms with Gasteiger partial charge in [0.2, 0.25) is 0 Å². The second-order valence-electron chi connectivity index (χ2n) is 4.00. The fourth-order valence-electron chi connectivity index (χ4n) is 2.29. The lowest BCUT2D eigenvalue weighted by Gasteiger charge is -2.19. The predicted molar refractivity (Wildman–Crippen MR) is 38.6 cm³/mol. The number of hydrogen-bond acceptors (Lipinski definition) is 1. The summed E-state index contributed by atoms with van der Waals surface area (Å²) in [5.41, 5.74) is 0. The first kappa shape index (κ1) is 8.35. The maximum absolute atomic E-state index is 11.9. The summed E-state index contributed by atoms with van der Waals surface area (Å²) in [5, 5.41) is 0. The van der Waals surface area contributed by atoms with Gasteiger partial charge in [-0.15, -0.1) is 0 Å². The molecule has 1 aliphatic heterocycles. The molecule has 0 unspecified atom stereocenters. The minimum atomic E-state index is -4.01. The van der Waals surface area contributed by atoms with Gasteiger partial charge in [0, 0.05) is 13.1 Å². The summed E-state index contributed by atoms with van der Waals surface area (Å²) in [7, 11) is 0. The van der Waals surface area contributed by atoms with E-state index in [1.165, 1.54) is 4.90 Å². The van der Waals surface area contributed by atoms with Gasteiger partial charge >= 0.3 is 6.18 Å². The lowest BCUT2D eigenvalue weighted by atomic mass is 10.3. The number of piperidine rings is 1. The Labute approximate surface area is 69.5 Å². The average molecular weight is 179 g/mol. The normalized spacial score (nSPS) is 41.5. The maximum atomic E-state index is 11.9. The quantitative estimate of drug-likeness (QED) is 0.592. The Balaban J connectivity index is 1.80. The van der Waals surface area contributed by atoms with Crippen LogP contribution in [0.1, 0.15) is 6.92 Å². The summed E-state index contributed by atoms with van der Waals surface area (Å²) in [6, 6.07) is 0. The van der Waals surface area contributed by atoms with Crippen molar-refractivity contribution in [2.75, 3.05) is 19.6 Å². The van der Waals surface area contributed by atoms with Crippen LogP contribution in [0.3, 0.4) is 0 Å². The van der Waals surface area contributed by atoms with Crippen LogP contribution in [-0.2, 0) is 0 Å². The van der Waals surface area contributed by atoms with Gasteiger partial charge < -0.3 is 0 Å². The minimum Gasteiger partial charge on any atom is -0.294 e. The number of hydrogen-bond donors (Lipinski definition) is 0. The minimum absolute atomic E-state index is 0.562. The van der Waals surface area contributed by atoms with Crippen LogP contribution in [0.15, 0.2) is 0 Å². The van der Waals surface area contributed by atoms with Crippen molar-refractivity contribution in [1.82, 2.24) is 4.90 Å². The molecule has 2 fully saturated rings. The van der Waals surface area contributed by atoms with Crippen LogP contribution in [0.2, 0.25) is 0 Å². The molecule has 1 saturated heterocycles. The highest BCUT2D eigenvalue weighted by Gasteiger charge is 2.53. The van der Waals surface area contributed by atoms with Crippen LogP contribution in [0.25, 0.3) is 0 Å². The molecule has 0 amide bonds. The van der Waals surface area contributed by atoms with Crippen molar-refractivity contribution in [2.45, 2.75) is 13.1 Å². The van der Waals surface area contributed by atoms with E-state index in [0.717, 1.165) is 0 Å². The van der Waals surface area contributed by atoms with Crippen LogP contribution >= 0.6 is 0 Å². The van der Waals surface area contributed by atoms with Gasteiger partial charge in [0.15, 0.2) is 0 Å². The van der Waals surface area contributed by atoms with Crippen LogP contribution < -0.4 is 0 Å². The molecule has 0 spiro atoms. The second-order valence-corrected chi connectivity index (χ2v) is 4.00. The highest BCUT2D eigenvalue weighted by atomic mass is 19.4. The average Bonchev–Trinajstić information content (AvgIpc) is 2.42. The summed E-state index contributed by atoms with van der Waals surface area (Å²) < 4.78 is 35.7. The van der Waals surface area contributed by atoms with E-state index in [0.29, 0.717) is 30.8 Å². The molecular formula is C8H12F3N. The lowest BCUT2D eigenvalue weighted by Crippen LogP contribution is -2.34. The first-order chi connectivity index (χ1) is 5.47. The largest absolute Gasteiger partial charge is 0.401 e. The van der Waals surface area contributed by atoms with Gasteiger partial charge in [-0.1, -0.05) is 6.92 Å². The molecule has 1 nitrogen and oxygen atoms in total. The van der Waals surface area contributed by atoms with Crippen molar-refractivity contribution in [2.24, 2.45) is 17.8 Å². The first-order valence-electron chi connectivity index (χ1n) is 4.26. The van der Waals surface area contributed by atoms with Crippen molar-refractivity contribution < 1.29 is 13.2 Å². The lowest BCUT2D eigenvalue weighted by molar-refractivity contribution is -0.144. The van der Waals surface area contributed by atoms with E-state index < -0.39 is 12.7 Å². The second kappa shape index (κ2) is 2.37. The van der Waals surface area contributed by atoms with E-state index in [1.54, 1.807) is 0 Å². The summed E-state index contributed by atoms with van der Waals surface area (Å²) >= 11 is 0. The summed E-state index contributed by atoms with van der Waals surface area (Å²) in [5.74, 6) is 1.80. The zero-order valence-corrected chi connectivity index (χ0v) is 6.93. The molecule has 0 bridgehead atoms. The van der Waals surface area contributed by atoms with Gasteiger partial charge in [-0.3, -0.25) is 4.90 Å². The van der Waals surface area contributed by atoms with E-state index in [4.69, 9.17) is 0 Å². The van der Waals surface area contributed by atoms with Crippen molar-refractivity contribution in [3.05, 3.63) is 0 Å². The highest BCUT2D eigenvalue weighted by Crippen LogP contribution is 2.51. The molecule has 2 rings (SSSR count). The van der Waals surface area contributed by atoms with Gasteiger partial charge in [-0.25, -0.2) is 0 Å². The topological polar surface area (TPSA) is 3.24 Å². The Hall–Kier alpha value is -0.250. The van der Waals surface area contributed by atoms with Crippen LogP contribution in [-0.4, -0.2) is 30.7 Å². The molecular weight excluding hydrogens is 167 g/mol. The Bertz CT molecular complexity index is 177. The summed E-state index contributed by atoms with van der Waals surface area (Å²) in [6.45, 7) is 2.73. The summed E-state index contributed by atoms with van der Waals surface area (Å²) in [4.78, 5) is 1.52. The molecule has 0 radical (unpaired) electrons. The number of fused-ring (bicyclic) bond motifs is 1. The Morgan fingerprint density at radius 2 is 1.75 bits per heavy atom. The fourth-order valence-corrected chi connectivity index (χ4v) is 2.29. The monoisotopic (exact) mass is 179 g/mol. The third kappa shape index (κ3) is 1.44. The Morgan fingerprint density at radius 3 is 2.17 bits per heavy atom. The van der Waals surface area contributed by atoms with Crippen LogP contribution in [0, 0.1) is 17.8 Å². The zero-order chi connectivity index (χ0) is 8.93. The maximum Gasteiger partial charge on any atom is 0.401 e. The van der Waals surface area contributed by atoms with Gasteiger partial charge in [-0.2, -0.15) is 13.2 Å². The van der Waals surface area contributed by atoms with Crippen molar-refractivity contribution >= 4 is 0 Å². The molecule has 2 aliphatic rings. The molecule has 70 valence electrons. The molecule has 1 heterocycles. The van der Waals surface area contributed by atoms with Gasteiger partial charge in [0.25, 0.3) is 0 Å². The highest BCUT2D eigenvalue weighted by molar-refractivity contribution is 5.02. The Morgan fingerprint density at radius 1 is 1.25 bits per heavy atom.